The van der Waals surface area contributed by atoms with Gasteiger partial charge < -0.3 is 9.47 Å². The number of carbonyl (C=O) groups is 1. The fraction of sp³-hybridized carbons (Fsp3) is 0.312. The Morgan fingerprint density at radius 2 is 2.19 bits per heavy atom. The van der Waals surface area contributed by atoms with Crippen molar-refractivity contribution in [2.45, 2.75) is 25.4 Å². The summed E-state index contributed by atoms with van der Waals surface area (Å²) in [5.74, 6) is -0.325. The van der Waals surface area contributed by atoms with Gasteiger partial charge in [-0.3, -0.25) is 4.79 Å². The molecular weight excluding hydrogens is 335 g/mol. The van der Waals surface area contributed by atoms with E-state index in [0.29, 0.717) is 18.3 Å². The molecule has 1 saturated carbocycles. The first-order valence-corrected chi connectivity index (χ1v) is 7.71. The summed E-state index contributed by atoms with van der Waals surface area (Å²) >= 11 is 3.43. The number of nitrogens with zero attached hydrogens (tertiary/aromatic N) is 2. The van der Waals surface area contributed by atoms with E-state index in [1.165, 1.54) is 12.1 Å². The Hall–Kier alpha value is -1.62. The maximum absolute atomic E-state index is 13.2. The standard InChI is InChI=1S/C16H16BrFN2O/c1-19(9-11-3-2-4-13(18)7-11)16(21)15-8-12(17)10-20(15)14-5-6-14/h2-4,7-8,10,14H,5-6,9H2,1H3. The molecule has 0 aliphatic heterocycles. The molecule has 0 bridgehead atoms. The van der Waals surface area contributed by atoms with E-state index in [9.17, 15) is 9.18 Å². The summed E-state index contributed by atoms with van der Waals surface area (Å²) in [5, 5.41) is 0. The molecule has 110 valence electrons. The van der Waals surface area contributed by atoms with E-state index in [-0.39, 0.29) is 11.7 Å². The highest BCUT2D eigenvalue weighted by atomic mass is 79.9. The zero-order valence-corrected chi connectivity index (χ0v) is 13.3. The zero-order valence-electron chi connectivity index (χ0n) is 11.7. The number of hydrogen-bond acceptors (Lipinski definition) is 1. The van der Waals surface area contributed by atoms with Crippen LogP contribution in [0.5, 0.6) is 0 Å². The molecule has 0 radical (unpaired) electrons. The Bertz CT molecular complexity index is 679. The zero-order chi connectivity index (χ0) is 15.0. The first-order chi connectivity index (χ1) is 10.0. The lowest BCUT2D eigenvalue weighted by Gasteiger charge is -2.18. The second-order valence-electron chi connectivity index (χ2n) is 5.47. The Morgan fingerprint density at radius 3 is 2.86 bits per heavy atom. The minimum absolute atomic E-state index is 0.0446. The molecule has 1 aromatic heterocycles. The molecule has 0 atom stereocenters. The van der Waals surface area contributed by atoms with Crippen LogP contribution < -0.4 is 0 Å². The average molecular weight is 351 g/mol. The van der Waals surface area contributed by atoms with Crippen LogP contribution in [0.1, 0.15) is 34.9 Å². The number of hydrogen-bond donors (Lipinski definition) is 0. The van der Waals surface area contributed by atoms with E-state index in [2.05, 4.69) is 15.9 Å². The summed E-state index contributed by atoms with van der Waals surface area (Å²) in [4.78, 5) is 14.2. The number of aromatic nitrogens is 1. The lowest BCUT2D eigenvalue weighted by Crippen LogP contribution is -2.28. The van der Waals surface area contributed by atoms with E-state index < -0.39 is 0 Å². The number of carbonyl (C=O) groups excluding carboxylic acids is 1. The van der Waals surface area contributed by atoms with Gasteiger partial charge in [0, 0.05) is 30.3 Å². The number of halogens is 2. The maximum Gasteiger partial charge on any atom is 0.270 e. The van der Waals surface area contributed by atoms with Gasteiger partial charge in [-0.2, -0.15) is 0 Å². The van der Waals surface area contributed by atoms with Gasteiger partial charge in [0.2, 0.25) is 0 Å². The Morgan fingerprint density at radius 1 is 1.43 bits per heavy atom. The molecule has 1 fully saturated rings. The van der Waals surface area contributed by atoms with E-state index >= 15 is 0 Å². The van der Waals surface area contributed by atoms with Crippen molar-refractivity contribution in [2.75, 3.05) is 7.05 Å². The van der Waals surface area contributed by atoms with Crippen molar-refractivity contribution in [3.63, 3.8) is 0 Å². The third-order valence-electron chi connectivity index (χ3n) is 3.63. The summed E-state index contributed by atoms with van der Waals surface area (Å²) in [7, 11) is 1.74. The molecule has 1 amide bonds. The topological polar surface area (TPSA) is 25.2 Å². The molecule has 3 rings (SSSR count). The lowest BCUT2D eigenvalue weighted by atomic mass is 10.2. The van der Waals surface area contributed by atoms with Crippen molar-refractivity contribution in [3.8, 4) is 0 Å². The van der Waals surface area contributed by atoms with Crippen LogP contribution >= 0.6 is 15.9 Å². The molecule has 1 heterocycles. The van der Waals surface area contributed by atoms with Gasteiger partial charge in [0.05, 0.1) is 0 Å². The summed E-state index contributed by atoms with van der Waals surface area (Å²) < 4.78 is 16.2. The van der Waals surface area contributed by atoms with Crippen molar-refractivity contribution in [3.05, 3.63) is 58.1 Å². The van der Waals surface area contributed by atoms with E-state index in [1.54, 1.807) is 18.0 Å². The molecule has 0 unspecified atom stereocenters. The normalized spacial score (nSPS) is 14.2. The average Bonchev–Trinajstić information content (AvgIpc) is 3.21. The molecule has 0 spiro atoms. The third-order valence-corrected chi connectivity index (χ3v) is 4.06. The molecule has 0 saturated heterocycles. The van der Waals surface area contributed by atoms with Crippen molar-refractivity contribution < 1.29 is 9.18 Å². The fourth-order valence-electron chi connectivity index (χ4n) is 2.45. The summed E-state index contributed by atoms with van der Waals surface area (Å²) in [6, 6.07) is 8.64. The van der Waals surface area contributed by atoms with Crippen molar-refractivity contribution in [2.24, 2.45) is 0 Å². The molecule has 0 N–H and O–H groups in total. The first kappa shape index (κ1) is 14.3. The van der Waals surface area contributed by atoms with E-state index in [0.717, 1.165) is 22.9 Å². The minimum Gasteiger partial charge on any atom is -0.339 e. The lowest BCUT2D eigenvalue weighted by molar-refractivity contribution is 0.0774. The van der Waals surface area contributed by atoms with Gasteiger partial charge in [-0.05, 0) is 52.5 Å². The van der Waals surface area contributed by atoms with Crippen LogP contribution in [0.3, 0.4) is 0 Å². The number of benzene rings is 1. The highest BCUT2D eigenvalue weighted by molar-refractivity contribution is 9.10. The molecule has 21 heavy (non-hydrogen) atoms. The minimum atomic E-state index is -0.280. The van der Waals surface area contributed by atoms with Crippen LogP contribution in [-0.2, 0) is 6.54 Å². The smallest absolute Gasteiger partial charge is 0.270 e. The Labute approximate surface area is 131 Å². The molecule has 1 aliphatic rings. The van der Waals surface area contributed by atoms with Gasteiger partial charge in [0.15, 0.2) is 0 Å². The van der Waals surface area contributed by atoms with Gasteiger partial charge in [-0.15, -0.1) is 0 Å². The van der Waals surface area contributed by atoms with Crippen molar-refractivity contribution in [1.29, 1.82) is 0 Å². The molecule has 5 heteroatoms. The van der Waals surface area contributed by atoms with Gasteiger partial charge in [0.25, 0.3) is 5.91 Å². The predicted molar refractivity (Wildman–Crippen MR) is 82.6 cm³/mol. The van der Waals surface area contributed by atoms with Gasteiger partial charge in [0.1, 0.15) is 11.5 Å². The molecular formula is C16H16BrFN2O. The quantitative estimate of drug-likeness (QED) is 0.818. The summed E-state index contributed by atoms with van der Waals surface area (Å²) in [6.45, 7) is 0.393. The van der Waals surface area contributed by atoms with Crippen LogP contribution in [-0.4, -0.2) is 22.4 Å². The third kappa shape index (κ3) is 3.18. The predicted octanol–water partition coefficient (Wildman–Crippen LogP) is 4.00. The Kier molecular flexibility index (Phi) is 3.85. The highest BCUT2D eigenvalue weighted by Gasteiger charge is 2.28. The molecule has 1 aromatic carbocycles. The van der Waals surface area contributed by atoms with Gasteiger partial charge in [-0.1, -0.05) is 12.1 Å². The molecule has 2 aromatic rings. The van der Waals surface area contributed by atoms with Gasteiger partial charge in [-0.25, -0.2) is 4.39 Å². The maximum atomic E-state index is 13.2. The summed E-state index contributed by atoms with van der Waals surface area (Å²) in [6.07, 6.45) is 4.20. The van der Waals surface area contributed by atoms with Crippen LogP contribution in [0.2, 0.25) is 0 Å². The van der Waals surface area contributed by atoms with Crippen LogP contribution in [0, 0.1) is 5.82 Å². The van der Waals surface area contributed by atoms with Crippen molar-refractivity contribution in [1.82, 2.24) is 9.47 Å². The van der Waals surface area contributed by atoms with E-state index in [1.807, 2.05) is 22.9 Å². The molecule has 3 nitrogen and oxygen atoms in total. The second kappa shape index (κ2) is 5.64. The van der Waals surface area contributed by atoms with Crippen LogP contribution in [0.15, 0.2) is 41.0 Å². The second-order valence-corrected chi connectivity index (χ2v) is 6.39. The molecule has 1 aliphatic carbocycles. The van der Waals surface area contributed by atoms with Crippen molar-refractivity contribution >= 4 is 21.8 Å². The number of amides is 1. The Balaban J connectivity index is 1.78. The van der Waals surface area contributed by atoms with Crippen LogP contribution in [0.25, 0.3) is 0 Å². The largest absolute Gasteiger partial charge is 0.339 e. The fourth-order valence-corrected chi connectivity index (χ4v) is 2.89. The SMILES string of the molecule is CN(Cc1cccc(F)c1)C(=O)c1cc(Br)cn1C1CC1. The first-order valence-electron chi connectivity index (χ1n) is 6.92. The monoisotopic (exact) mass is 350 g/mol. The van der Waals surface area contributed by atoms with Crippen LogP contribution in [0.4, 0.5) is 4.39 Å². The highest BCUT2D eigenvalue weighted by Crippen LogP contribution is 2.37. The van der Waals surface area contributed by atoms with Gasteiger partial charge >= 0.3 is 0 Å². The summed E-state index contributed by atoms with van der Waals surface area (Å²) in [5.41, 5.74) is 1.47. The number of rotatable bonds is 4. The van der Waals surface area contributed by atoms with E-state index in [4.69, 9.17) is 0 Å².